The lowest BCUT2D eigenvalue weighted by molar-refractivity contribution is 0.654. The van der Waals surface area contributed by atoms with Crippen molar-refractivity contribution in [1.29, 1.82) is 0 Å². The van der Waals surface area contributed by atoms with Crippen LogP contribution < -0.4 is 0 Å². The summed E-state index contributed by atoms with van der Waals surface area (Å²) < 4.78 is 0.434. The van der Waals surface area contributed by atoms with Gasteiger partial charge in [-0.3, -0.25) is 0 Å². The molecule has 4 rings (SSSR count). The molecule has 0 spiro atoms. The summed E-state index contributed by atoms with van der Waals surface area (Å²) in [6.07, 6.45) is 2.17. The summed E-state index contributed by atoms with van der Waals surface area (Å²) in [7, 11) is 0. The molecule has 0 saturated carbocycles. The van der Waals surface area contributed by atoms with Crippen LogP contribution in [0, 0.1) is 0 Å². The molecule has 30 heavy (non-hydrogen) atoms. The van der Waals surface area contributed by atoms with Crippen LogP contribution in [0.5, 0.6) is 0 Å². The molecule has 0 aliphatic heterocycles. The van der Waals surface area contributed by atoms with E-state index in [-0.39, 0.29) is 0 Å². The summed E-state index contributed by atoms with van der Waals surface area (Å²) in [5, 5.41) is 0. The third-order valence-corrected chi connectivity index (χ3v) is 7.67. The van der Waals surface area contributed by atoms with Crippen molar-refractivity contribution in [3.8, 4) is 0 Å². The first-order valence-corrected chi connectivity index (χ1v) is 12.1. The van der Waals surface area contributed by atoms with Gasteiger partial charge in [0.05, 0.1) is 4.58 Å². The van der Waals surface area contributed by atoms with E-state index >= 15 is 0 Å². The standard InChI is InChI=1S/C28H26S2/c1-5-13-23(14-6-1)21-25(24-15-7-2-8-16-24)22-28(29-26-17-9-3-10-18-26)30-27-19-11-4-12-20-27/h1-20,25,28H,21-22H2. The van der Waals surface area contributed by atoms with Gasteiger partial charge in [-0.15, -0.1) is 23.5 Å². The number of hydrogen-bond acceptors (Lipinski definition) is 2. The Morgan fingerprint density at radius 3 is 1.43 bits per heavy atom. The van der Waals surface area contributed by atoms with Crippen molar-refractivity contribution in [3.63, 3.8) is 0 Å². The van der Waals surface area contributed by atoms with Gasteiger partial charge in [0.2, 0.25) is 0 Å². The Morgan fingerprint density at radius 2 is 0.933 bits per heavy atom. The van der Waals surface area contributed by atoms with E-state index in [4.69, 9.17) is 0 Å². The van der Waals surface area contributed by atoms with Crippen LogP contribution in [-0.2, 0) is 6.42 Å². The lowest BCUT2D eigenvalue weighted by atomic mass is 9.90. The van der Waals surface area contributed by atoms with E-state index in [1.165, 1.54) is 20.9 Å². The van der Waals surface area contributed by atoms with Gasteiger partial charge in [-0.05, 0) is 54.2 Å². The second-order valence-electron chi connectivity index (χ2n) is 7.32. The van der Waals surface area contributed by atoms with Crippen LogP contribution in [-0.4, -0.2) is 4.58 Å². The Balaban J connectivity index is 1.59. The summed E-state index contributed by atoms with van der Waals surface area (Å²) in [6, 6.07) is 43.5. The maximum atomic E-state index is 2.28. The molecule has 0 aromatic heterocycles. The molecule has 0 amide bonds. The highest BCUT2D eigenvalue weighted by Gasteiger charge is 2.21. The van der Waals surface area contributed by atoms with Crippen molar-refractivity contribution in [3.05, 3.63) is 132 Å². The van der Waals surface area contributed by atoms with Crippen LogP contribution in [0.3, 0.4) is 0 Å². The monoisotopic (exact) mass is 426 g/mol. The number of rotatable bonds is 9. The molecule has 4 aromatic rings. The van der Waals surface area contributed by atoms with Crippen LogP contribution in [0.15, 0.2) is 131 Å². The smallest absolute Gasteiger partial charge is 0.0602 e. The van der Waals surface area contributed by atoms with E-state index in [0.29, 0.717) is 10.5 Å². The second-order valence-corrected chi connectivity index (χ2v) is 10.2. The van der Waals surface area contributed by atoms with Crippen LogP contribution in [0.25, 0.3) is 0 Å². The average Bonchev–Trinajstić information content (AvgIpc) is 2.81. The molecule has 150 valence electrons. The van der Waals surface area contributed by atoms with E-state index in [1.54, 1.807) is 0 Å². The fourth-order valence-electron chi connectivity index (χ4n) is 3.62. The van der Waals surface area contributed by atoms with Crippen LogP contribution in [0.4, 0.5) is 0 Å². The van der Waals surface area contributed by atoms with Crippen molar-refractivity contribution >= 4 is 23.5 Å². The Labute approximate surface area is 188 Å². The summed E-state index contributed by atoms with van der Waals surface area (Å²) >= 11 is 3.96. The second kappa shape index (κ2) is 11.1. The van der Waals surface area contributed by atoms with E-state index in [9.17, 15) is 0 Å². The molecule has 0 radical (unpaired) electrons. The molecule has 0 fully saturated rings. The maximum absolute atomic E-state index is 2.28. The molecule has 1 atom stereocenters. The average molecular weight is 427 g/mol. The Kier molecular flexibility index (Phi) is 7.71. The lowest BCUT2D eigenvalue weighted by Gasteiger charge is -2.24. The first-order chi connectivity index (χ1) is 14.9. The van der Waals surface area contributed by atoms with Crippen molar-refractivity contribution < 1.29 is 0 Å². The van der Waals surface area contributed by atoms with Gasteiger partial charge in [0.15, 0.2) is 0 Å². The normalized spacial score (nSPS) is 12.0. The van der Waals surface area contributed by atoms with E-state index < -0.39 is 0 Å². The zero-order valence-corrected chi connectivity index (χ0v) is 18.6. The summed E-state index contributed by atoms with van der Waals surface area (Å²) in [5.74, 6) is 0.478. The Morgan fingerprint density at radius 1 is 0.500 bits per heavy atom. The molecular weight excluding hydrogens is 400 g/mol. The molecule has 0 saturated heterocycles. The first-order valence-electron chi connectivity index (χ1n) is 10.4. The minimum Gasteiger partial charge on any atom is -0.111 e. The third-order valence-electron chi connectivity index (χ3n) is 5.09. The molecule has 4 aromatic carbocycles. The topological polar surface area (TPSA) is 0 Å². The maximum Gasteiger partial charge on any atom is 0.0602 e. The summed E-state index contributed by atoms with van der Waals surface area (Å²) in [5.41, 5.74) is 2.83. The van der Waals surface area contributed by atoms with Gasteiger partial charge in [-0.25, -0.2) is 0 Å². The quantitative estimate of drug-likeness (QED) is 0.195. The molecule has 0 heterocycles. The molecular formula is C28H26S2. The summed E-state index contributed by atoms with van der Waals surface area (Å²) in [4.78, 5) is 2.66. The highest BCUT2D eigenvalue weighted by molar-refractivity contribution is 8.17. The van der Waals surface area contributed by atoms with Gasteiger partial charge >= 0.3 is 0 Å². The van der Waals surface area contributed by atoms with Gasteiger partial charge in [0, 0.05) is 9.79 Å². The predicted octanol–water partition coefficient (Wildman–Crippen LogP) is 8.31. The number of hydrogen-bond donors (Lipinski definition) is 0. The minimum atomic E-state index is 0.434. The zero-order valence-electron chi connectivity index (χ0n) is 16.9. The summed E-state index contributed by atoms with van der Waals surface area (Å²) in [6.45, 7) is 0. The molecule has 2 heteroatoms. The van der Waals surface area contributed by atoms with Gasteiger partial charge in [0.1, 0.15) is 0 Å². The van der Waals surface area contributed by atoms with E-state index in [2.05, 4.69) is 121 Å². The zero-order chi connectivity index (χ0) is 20.4. The molecule has 0 aliphatic carbocycles. The molecule has 0 aliphatic rings. The van der Waals surface area contributed by atoms with Crippen LogP contribution >= 0.6 is 23.5 Å². The van der Waals surface area contributed by atoms with Gasteiger partial charge in [-0.2, -0.15) is 0 Å². The molecule has 0 N–H and O–H groups in total. The predicted molar refractivity (Wildman–Crippen MR) is 132 cm³/mol. The number of thioether (sulfide) groups is 2. The first kappa shape index (κ1) is 20.8. The number of benzene rings is 4. The van der Waals surface area contributed by atoms with Crippen molar-refractivity contribution in [2.24, 2.45) is 0 Å². The largest absolute Gasteiger partial charge is 0.111 e. The highest BCUT2D eigenvalue weighted by atomic mass is 32.2. The Hall–Kier alpha value is -2.42. The van der Waals surface area contributed by atoms with E-state index in [0.717, 1.165) is 12.8 Å². The molecule has 0 nitrogen and oxygen atoms in total. The Bertz CT molecular complexity index is 944. The lowest BCUT2D eigenvalue weighted by Crippen LogP contribution is -2.10. The fourth-order valence-corrected chi connectivity index (χ4v) is 6.37. The van der Waals surface area contributed by atoms with Gasteiger partial charge < -0.3 is 0 Å². The van der Waals surface area contributed by atoms with E-state index in [1.807, 2.05) is 23.5 Å². The molecule has 1 unspecified atom stereocenters. The van der Waals surface area contributed by atoms with Crippen molar-refractivity contribution in [1.82, 2.24) is 0 Å². The van der Waals surface area contributed by atoms with Gasteiger partial charge in [0.25, 0.3) is 0 Å². The fraction of sp³-hybridized carbons (Fsp3) is 0.143. The minimum absolute atomic E-state index is 0.434. The molecule has 0 bridgehead atoms. The van der Waals surface area contributed by atoms with Crippen molar-refractivity contribution in [2.75, 3.05) is 0 Å². The SMILES string of the molecule is c1ccc(CC(CC(Sc2ccccc2)Sc2ccccc2)c2ccccc2)cc1. The highest BCUT2D eigenvalue weighted by Crippen LogP contribution is 2.41. The van der Waals surface area contributed by atoms with Gasteiger partial charge in [-0.1, -0.05) is 97.1 Å². The van der Waals surface area contributed by atoms with Crippen LogP contribution in [0.2, 0.25) is 0 Å². The van der Waals surface area contributed by atoms with Crippen molar-refractivity contribution in [2.45, 2.75) is 33.1 Å². The van der Waals surface area contributed by atoms with Crippen LogP contribution in [0.1, 0.15) is 23.5 Å². The third kappa shape index (κ3) is 6.29.